The number of carbonyl (C=O) groups is 3. The zero-order chi connectivity index (χ0) is 14.7. The summed E-state index contributed by atoms with van der Waals surface area (Å²) >= 11 is 0. The molecule has 0 bridgehead atoms. The predicted octanol–water partition coefficient (Wildman–Crippen LogP) is 2.05. The van der Waals surface area contributed by atoms with Crippen LogP contribution in [-0.4, -0.2) is 17.5 Å². The number of benzene rings is 1. The van der Waals surface area contributed by atoms with E-state index in [0.29, 0.717) is 5.56 Å². The van der Waals surface area contributed by atoms with Crippen LogP contribution in [0.4, 0.5) is 4.39 Å². The minimum Gasteiger partial charge on any atom is -0.430 e. The number of ketones is 2. The average Bonchev–Trinajstić information content (AvgIpc) is 2.37. The van der Waals surface area contributed by atoms with Gasteiger partial charge in [0.15, 0.2) is 17.5 Å². The Morgan fingerprint density at radius 1 is 1.25 bits per heavy atom. The molecule has 2 rings (SSSR count). The average molecular weight is 274 g/mol. The van der Waals surface area contributed by atoms with Crippen molar-refractivity contribution in [2.75, 3.05) is 0 Å². The molecule has 0 radical (unpaired) electrons. The van der Waals surface area contributed by atoms with Crippen LogP contribution in [0.5, 0.6) is 0 Å². The molecule has 0 saturated heterocycles. The van der Waals surface area contributed by atoms with E-state index >= 15 is 0 Å². The van der Waals surface area contributed by atoms with Crippen LogP contribution in [-0.2, 0) is 19.1 Å². The van der Waals surface area contributed by atoms with E-state index in [1.165, 1.54) is 37.3 Å². The van der Waals surface area contributed by atoms with Crippen molar-refractivity contribution in [2.24, 2.45) is 5.92 Å². The summed E-state index contributed by atoms with van der Waals surface area (Å²) in [7, 11) is 0. The molecule has 1 aliphatic heterocycles. The first-order valence-electron chi connectivity index (χ1n) is 5.89. The quantitative estimate of drug-likeness (QED) is 0.481. The summed E-state index contributed by atoms with van der Waals surface area (Å²) in [6, 6.07) is 5.45. The van der Waals surface area contributed by atoms with Gasteiger partial charge < -0.3 is 4.74 Å². The fourth-order valence-corrected chi connectivity index (χ4v) is 1.75. The predicted molar refractivity (Wildman–Crippen MR) is 68.8 cm³/mol. The van der Waals surface area contributed by atoms with Gasteiger partial charge in [0.2, 0.25) is 0 Å². The van der Waals surface area contributed by atoms with Crippen LogP contribution in [0.1, 0.15) is 12.5 Å². The summed E-state index contributed by atoms with van der Waals surface area (Å²) in [5.74, 6) is -3.79. The maximum Gasteiger partial charge on any atom is 0.329 e. The summed E-state index contributed by atoms with van der Waals surface area (Å²) in [6.07, 6.45) is 3.65. The Hall–Kier alpha value is -2.56. The fourth-order valence-electron chi connectivity index (χ4n) is 1.75. The monoisotopic (exact) mass is 274 g/mol. The first kappa shape index (κ1) is 13.9. The van der Waals surface area contributed by atoms with Crippen LogP contribution >= 0.6 is 0 Å². The molecule has 0 saturated carbocycles. The van der Waals surface area contributed by atoms with Gasteiger partial charge >= 0.3 is 5.97 Å². The second-order valence-electron chi connectivity index (χ2n) is 4.30. The van der Waals surface area contributed by atoms with Crippen LogP contribution in [0, 0.1) is 11.7 Å². The van der Waals surface area contributed by atoms with Gasteiger partial charge in [-0.05, 0) is 30.7 Å². The summed E-state index contributed by atoms with van der Waals surface area (Å²) in [5.41, 5.74) is 0.586. The zero-order valence-electron chi connectivity index (χ0n) is 10.6. The van der Waals surface area contributed by atoms with Crippen LogP contribution in [0.3, 0.4) is 0 Å². The number of hydrogen-bond acceptors (Lipinski definition) is 4. The topological polar surface area (TPSA) is 60.4 Å². The lowest BCUT2D eigenvalue weighted by molar-refractivity contribution is -0.151. The molecule has 1 aromatic carbocycles. The summed E-state index contributed by atoms with van der Waals surface area (Å²) in [5, 5.41) is 0. The maximum absolute atomic E-state index is 12.7. The van der Waals surface area contributed by atoms with Crippen molar-refractivity contribution in [3.63, 3.8) is 0 Å². The Kier molecular flexibility index (Phi) is 3.89. The SMILES string of the molecule is CC1=CC(=O)C(C(=O)C=Cc2ccc(F)cc2)C(=O)O1. The number of hydrogen-bond donors (Lipinski definition) is 0. The molecule has 4 nitrogen and oxygen atoms in total. The van der Waals surface area contributed by atoms with Crippen LogP contribution in [0.25, 0.3) is 6.08 Å². The minimum atomic E-state index is -1.45. The number of rotatable bonds is 3. The molecular formula is C15H11FO4. The lowest BCUT2D eigenvalue weighted by atomic mass is 9.96. The Morgan fingerprint density at radius 2 is 1.90 bits per heavy atom. The molecule has 0 spiro atoms. The molecular weight excluding hydrogens is 263 g/mol. The molecule has 0 aromatic heterocycles. The number of allylic oxidation sites excluding steroid dienone is 3. The van der Waals surface area contributed by atoms with Crippen molar-refractivity contribution >= 4 is 23.6 Å². The lowest BCUT2D eigenvalue weighted by Gasteiger charge is -2.15. The van der Waals surface area contributed by atoms with Crippen molar-refractivity contribution in [3.8, 4) is 0 Å². The molecule has 102 valence electrons. The Labute approximate surface area is 114 Å². The summed E-state index contributed by atoms with van der Waals surface area (Å²) in [6.45, 7) is 1.46. The molecule has 0 fully saturated rings. The number of cyclic esters (lactones) is 1. The van der Waals surface area contributed by atoms with E-state index in [9.17, 15) is 18.8 Å². The zero-order valence-corrected chi connectivity index (χ0v) is 10.6. The molecule has 0 aliphatic carbocycles. The highest BCUT2D eigenvalue weighted by molar-refractivity contribution is 6.25. The Bertz CT molecular complexity index is 626. The van der Waals surface area contributed by atoms with Gasteiger partial charge in [0.25, 0.3) is 0 Å². The first-order chi connectivity index (χ1) is 9.47. The fraction of sp³-hybridized carbons (Fsp3) is 0.133. The number of halogens is 1. The van der Waals surface area contributed by atoms with Crippen LogP contribution in [0.2, 0.25) is 0 Å². The van der Waals surface area contributed by atoms with Gasteiger partial charge in [-0.1, -0.05) is 18.2 Å². The highest BCUT2D eigenvalue weighted by Gasteiger charge is 2.36. The van der Waals surface area contributed by atoms with Crippen LogP contribution in [0.15, 0.2) is 42.2 Å². The van der Waals surface area contributed by atoms with Crippen molar-refractivity contribution in [3.05, 3.63) is 53.6 Å². The van der Waals surface area contributed by atoms with Gasteiger partial charge in [-0.3, -0.25) is 14.4 Å². The van der Waals surface area contributed by atoms with E-state index in [1.54, 1.807) is 0 Å². The highest BCUT2D eigenvalue weighted by atomic mass is 19.1. The van der Waals surface area contributed by atoms with Gasteiger partial charge in [0.1, 0.15) is 11.6 Å². The smallest absolute Gasteiger partial charge is 0.329 e. The van der Waals surface area contributed by atoms with E-state index < -0.39 is 23.5 Å². The second-order valence-corrected chi connectivity index (χ2v) is 4.30. The van der Waals surface area contributed by atoms with Crippen molar-refractivity contribution in [1.29, 1.82) is 0 Å². The van der Waals surface area contributed by atoms with E-state index in [4.69, 9.17) is 4.74 Å². The van der Waals surface area contributed by atoms with E-state index in [0.717, 1.165) is 12.2 Å². The molecule has 20 heavy (non-hydrogen) atoms. The molecule has 1 aliphatic rings. The van der Waals surface area contributed by atoms with E-state index in [2.05, 4.69) is 0 Å². The van der Waals surface area contributed by atoms with Gasteiger partial charge in [-0.15, -0.1) is 0 Å². The van der Waals surface area contributed by atoms with Gasteiger partial charge in [0.05, 0.1) is 0 Å². The Morgan fingerprint density at radius 3 is 2.50 bits per heavy atom. The summed E-state index contributed by atoms with van der Waals surface area (Å²) < 4.78 is 17.5. The molecule has 0 N–H and O–H groups in total. The molecule has 1 atom stereocenters. The van der Waals surface area contributed by atoms with E-state index in [-0.39, 0.29) is 11.6 Å². The van der Waals surface area contributed by atoms with Crippen molar-refractivity contribution in [2.45, 2.75) is 6.92 Å². The number of carbonyl (C=O) groups excluding carboxylic acids is 3. The maximum atomic E-state index is 12.7. The van der Waals surface area contributed by atoms with E-state index in [1.807, 2.05) is 0 Å². The molecule has 5 heteroatoms. The third-order valence-corrected chi connectivity index (χ3v) is 2.72. The largest absolute Gasteiger partial charge is 0.430 e. The van der Waals surface area contributed by atoms with Gasteiger partial charge in [0, 0.05) is 6.08 Å². The number of esters is 1. The third kappa shape index (κ3) is 3.06. The van der Waals surface area contributed by atoms with Gasteiger partial charge in [-0.2, -0.15) is 0 Å². The van der Waals surface area contributed by atoms with Crippen LogP contribution < -0.4 is 0 Å². The lowest BCUT2D eigenvalue weighted by Crippen LogP contribution is -2.34. The van der Waals surface area contributed by atoms with Gasteiger partial charge in [-0.25, -0.2) is 4.39 Å². The second kappa shape index (κ2) is 5.61. The summed E-state index contributed by atoms with van der Waals surface area (Å²) in [4.78, 5) is 35.0. The van der Waals surface area contributed by atoms with Crippen molar-refractivity contribution in [1.82, 2.24) is 0 Å². The third-order valence-electron chi connectivity index (χ3n) is 2.72. The molecule has 1 unspecified atom stereocenters. The molecule has 0 amide bonds. The van der Waals surface area contributed by atoms with Crippen molar-refractivity contribution < 1.29 is 23.5 Å². The Balaban J connectivity index is 2.14. The minimum absolute atomic E-state index is 0.173. The first-order valence-corrected chi connectivity index (χ1v) is 5.89. The standard InChI is InChI=1S/C15H11FO4/c1-9-8-13(18)14(15(19)20-9)12(17)7-4-10-2-5-11(16)6-3-10/h2-8,14H,1H3. The number of ether oxygens (including phenoxy) is 1. The normalized spacial score (nSPS) is 18.9. The molecule has 1 aromatic rings. The highest BCUT2D eigenvalue weighted by Crippen LogP contribution is 2.16. The molecule has 1 heterocycles.